The molecule has 0 spiro atoms. The van der Waals surface area contributed by atoms with Gasteiger partial charge in [-0.25, -0.2) is 0 Å². The summed E-state index contributed by atoms with van der Waals surface area (Å²) in [5.41, 5.74) is -3.01. The Labute approximate surface area is 99.2 Å². The van der Waals surface area contributed by atoms with Crippen LogP contribution in [0.3, 0.4) is 0 Å². The molecule has 2 fully saturated rings. The molecule has 2 saturated carbocycles. The summed E-state index contributed by atoms with van der Waals surface area (Å²) in [6, 6.07) is 0. The number of alkyl halides is 5. The van der Waals surface area contributed by atoms with Gasteiger partial charge < -0.3 is 15.3 Å². The van der Waals surface area contributed by atoms with Crippen LogP contribution >= 0.6 is 0 Å². The summed E-state index contributed by atoms with van der Waals surface area (Å²) in [5, 5.41) is 27.3. The van der Waals surface area contributed by atoms with Gasteiger partial charge in [0.1, 0.15) is 5.60 Å². The molecule has 0 aromatic carbocycles. The predicted molar refractivity (Wildman–Crippen MR) is 48.6 cm³/mol. The van der Waals surface area contributed by atoms with Gasteiger partial charge in [0.05, 0.1) is 0 Å². The van der Waals surface area contributed by atoms with Crippen LogP contribution in [-0.4, -0.2) is 38.8 Å². The van der Waals surface area contributed by atoms with E-state index in [9.17, 15) is 27.1 Å². The summed E-state index contributed by atoms with van der Waals surface area (Å²) < 4.78 is 64.5. The molecule has 0 heterocycles. The Bertz CT molecular complexity index is 354. The van der Waals surface area contributed by atoms with Crippen LogP contribution in [0.4, 0.5) is 22.0 Å². The lowest BCUT2D eigenvalue weighted by Gasteiger charge is -2.44. The third-order valence-electron chi connectivity index (χ3n) is 4.19. The number of halogens is 5. The average molecular weight is 276 g/mol. The van der Waals surface area contributed by atoms with Gasteiger partial charge in [0.25, 0.3) is 0 Å². The first-order valence-corrected chi connectivity index (χ1v) is 5.55. The monoisotopic (exact) mass is 276 g/mol. The Morgan fingerprint density at radius 1 is 1.00 bits per heavy atom. The van der Waals surface area contributed by atoms with Gasteiger partial charge in [-0.15, -0.1) is 0 Å². The Hall–Kier alpha value is -0.470. The molecule has 2 rings (SSSR count). The van der Waals surface area contributed by atoms with E-state index in [4.69, 9.17) is 10.2 Å². The minimum absolute atomic E-state index is 0.171. The SMILES string of the molecule is OC1(C(F)(F)C(O)(O)C(F)(F)F)CC2CCC1C2. The molecule has 8 heteroatoms. The van der Waals surface area contributed by atoms with Gasteiger partial charge in [0.15, 0.2) is 0 Å². The van der Waals surface area contributed by atoms with E-state index in [-0.39, 0.29) is 18.8 Å². The van der Waals surface area contributed by atoms with Crippen LogP contribution < -0.4 is 0 Å². The van der Waals surface area contributed by atoms with Crippen molar-refractivity contribution in [2.45, 2.75) is 49.2 Å². The zero-order valence-corrected chi connectivity index (χ0v) is 9.21. The molecule has 2 aliphatic rings. The topological polar surface area (TPSA) is 60.7 Å². The largest absolute Gasteiger partial charge is 0.449 e. The van der Waals surface area contributed by atoms with Crippen molar-refractivity contribution in [1.29, 1.82) is 0 Å². The van der Waals surface area contributed by atoms with Crippen LogP contribution in [0.15, 0.2) is 0 Å². The first-order chi connectivity index (χ1) is 7.93. The molecular formula is C10H13F5O3. The van der Waals surface area contributed by atoms with Gasteiger partial charge in [0.2, 0.25) is 0 Å². The van der Waals surface area contributed by atoms with Crippen molar-refractivity contribution in [2.24, 2.45) is 11.8 Å². The van der Waals surface area contributed by atoms with Crippen molar-refractivity contribution in [3.05, 3.63) is 0 Å². The Morgan fingerprint density at radius 3 is 1.89 bits per heavy atom. The number of fused-ring (bicyclic) bond motifs is 2. The molecule has 106 valence electrons. The lowest BCUT2D eigenvalue weighted by Crippen LogP contribution is -2.69. The molecule has 18 heavy (non-hydrogen) atoms. The average Bonchev–Trinajstić information content (AvgIpc) is 2.75. The molecule has 0 aromatic heterocycles. The van der Waals surface area contributed by atoms with Crippen molar-refractivity contribution in [3.63, 3.8) is 0 Å². The van der Waals surface area contributed by atoms with E-state index in [0.29, 0.717) is 6.42 Å². The second-order valence-electron chi connectivity index (χ2n) is 5.25. The molecule has 0 amide bonds. The van der Waals surface area contributed by atoms with Crippen LogP contribution in [0, 0.1) is 11.8 Å². The van der Waals surface area contributed by atoms with E-state index in [1.165, 1.54) is 0 Å². The fraction of sp³-hybridized carbons (Fsp3) is 1.00. The maximum Gasteiger partial charge on any atom is 0.449 e. The van der Waals surface area contributed by atoms with Gasteiger partial charge in [-0.05, 0) is 37.5 Å². The molecule has 3 atom stereocenters. The summed E-state index contributed by atoms with van der Waals surface area (Å²) in [6.45, 7) is 0. The molecule has 3 unspecified atom stereocenters. The summed E-state index contributed by atoms with van der Waals surface area (Å²) in [4.78, 5) is 0. The van der Waals surface area contributed by atoms with E-state index in [2.05, 4.69) is 0 Å². The molecule has 0 aliphatic heterocycles. The summed E-state index contributed by atoms with van der Waals surface area (Å²) in [5.74, 6) is -11.6. The number of rotatable bonds is 2. The van der Waals surface area contributed by atoms with Crippen LogP contribution in [0.25, 0.3) is 0 Å². The van der Waals surface area contributed by atoms with E-state index >= 15 is 0 Å². The molecule has 3 N–H and O–H groups in total. The highest BCUT2D eigenvalue weighted by molar-refractivity contribution is 5.13. The highest BCUT2D eigenvalue weighted by Gasteiger charge is 2.79. The Balaban J connectivity index is 2.37. The zero-order chi connectivity index (χ0) is 14.0. The van der Waals surface area contributed by atoms with Gasteiger partial charge in [-0.1, -0.05) is 0 Å². The molecule has 0 aromatic rings. The van der Waals surface area contributed by atoms with Crippen molar-refractivity contribution in [3.8, 4) is 0 Å². The fourth-order valence-corrected chi connectivity index (χ4v) is 3.17. The number of hydrogen-bond acceptors (Lipinski definition) is 3. The van der Waals surface area contributed by atoms with Crippen LogP contribution in [0.5, 0.6) is 0 Å². The smallest absolute Gasteiger partial charge is 0.383 e. The van der Waals surface area contributed by atoms with E-state index in [1.807, 2.05) is 0 Å². The minimum Gasteiger partial charge on any atom is -0.383 e. The molecule has 0 radical (unpaired) electrons. The Kier molecular flexibility index (Phi) is 2.75. The maximum atomic E-state index is 13.8. The van der Waals surface area contributed by atoms with Crippen molar-refractivity contribution >= 4 is 0 Å². The van der Waals surface area contributed by atoms with Gasteiger partial charge >= 0.3 is 17.9 Å². The third-order valence-corrected chi connectivity index (χ3v) is 4.19. The molecule has 2 aliphatic carbocycles. The normalized spacial score (nSPS) is 37.3. The zero-order valence-electron chi connectivity index (χ0n) is 9.21. The predicted octanol–water partition coefficient (Wildman–Crippen LogP) is 1.42. The van der Waals surface area contributed by atoms with E-state index < -0.39 is 35.8 Å². The number of hydrogen-bond donors (Lipinski definition) is 3. The van der Waals surface area contributed by atoms with Crippen LogP contribution in [-0.2, 0) is 0 Å². The number of aliphatic hydroxyl groups is 3. The molecular weight excluding hydrogens is 263 g/mol. The minimum atomic E-state index is -5.94. The standard InChI is InChI=1S/C10H13F5O3/c11-8(12,9(17,18)10(13,14)15)7(16)4-5-1-2-6(7)3-5/h5-6,16-18H,1-4H2. The second kappa shape index (κ2) is 3.55. The first-order valence-electron chi connectivity index (χ1n) is 5.55. The van der Waals surface area contributed by atoms with Crippen LogP contribution in [0.2, 0.25) is 0 Å². The molecule has 0 saturated heterocycles. The van der Waals surface area contributed by atoms with Gasteiger partial charge in [-0.3, -0.25) is 0 Å². The summed E-state index contributed by atoms with van der Waals surface area (Å²) in [7, 11) is 0. The van der Waals surface area contributed by atoms with E-state index in [1.54, 1.807) is 0 Å². The molecule has 3 nitrogen and oxygen atoms in total. The lowest BCUT2D eigenvalue weighted by atomic mass is 9.76. The first kappa shape index (κ1) is 14.0. The lowest BCUT2D eigenvalue weighted by molar-refractivity contribution is -0.445. The third kappa shape index (κ3) is 1.51. The van der Waals surface area contributed by atoms with Gasteiger partial charge in [0, 0.05) is 0 Å². The highest BCUT2D eigenvalue weighted by Crippen LogP contribution is 2.60. The van der Waals surface area contributed by atoms with Crippen molar-refractivity contribution in [2.75, 3.05) is 0 Å². The maximum absolute atomic E-state index is 13.8. The quantitative estimate of drug-likeness (QED) is 0.528. The van der Waals surface area contributed by atoms with Crippen molar-refractivity contribution in [1.82, 2.24) is 0 Å². The summed E-state index contributed by atoms with van der Waals surface area (Å²) in [6.07, 6.45) is -5.54. The molecule has 2 bridgehead atoms. The van der Waals surface area contributed by atoms with Crippen LogP contribution in [0.1, 0.15) is 25.7 Å². The second-order valence-corrected chi connectivity index (χ2v) is 5.25. The Morgan fingerprint density at radius 2 is 1.56 bits per heavy atom. The fourth-order valence-electron chi connectivity index (χ4n) is 3.17. The van der Waals surface area contributed by atoms with Gasteiger partial charge in [-0.2, -0.15) is 22.0 Å². The van der Waals surface area contributed by atoms with E-state index in [0.717, 1.165) is 0 Å². The summed E-state index contributed by atoms with van der Waals surface area (Å²) >= 11 is 0. The highest BCUT2D eigenvalue weighted by atomic mass is 19.4. The van der Waals surface area contributed by atoms with Crippen molar-refractivity contribution < 1.29 is 37.3 Å².